The maximum absolute atomic E-state index is 14.6. The molecule has 8 rings (SSSR count). The molecule has 0 radical (unpaired) electrons. The van der Waals surface area contributed by atoms with Crippen LogP contribution in [0, 0.1) is 11.3 Å². The second kappa shape index (κ2) is 14.0. The number of carbonyl (C=O) groups is 4. The Balaban J connectivity index is 1.05. The van der Waals surface area contributed by atoms with Crippen LogP contribution < -0.4 is 9.47 Å². The number of ether oxygens (including phenoxy) is 3. The molecular formula is C37H47N3O11S2. The zero-order valence-corrected chi connectivity index (χ0v) is 31.4. The van der Waals surface area contributed by atoms with Crippen LogP contribution in [0.5, 0.6) is 11.5 Å². The van der Waals surface area contributed by atoms with Crippen molar-refractivity contribution in [1.82, 2.24) is 14.1 Å². The van der Waals surface area contributed by atoms with Gasteiger partial charge in [0.2, 0.25) is 15.9 Å². The number of fused-ring (bicyclic) bond motifs is 4. The highest BCUT2D eigenvalue weighted by atomic mass is 32.2. The van der Waals surface area contributed by atoms with E-state index in [-0.39, 0.29) is 57.1 Å². The average molecular weight is 774 g/mol. The number of allylic oxidation sites excluding steroid dienone is 2. The average Bonchev–Trinajstić information content (AvgIpc) is 3.96. The van der Waals surface area contributed by atoms with Gasteiger partial charge in [-0.15, -0.1) is 0 Å². The number of Topliss-reactive ketones (excluding diaryl/α,β-unsaturated/α-hetero) is 2. The van der Waals surface area contributed by atoms with Gasteiger partial charge in [0.05, 0.1) is 23.6 Å². The third kappa shape index (κ3) is 7.22. The van der Waals surface area contributed by atoms with Crippen molar-refractivity contribution in [3.8, 4) is 11.5 Å². The van der Waals surface area contributed by atoms with Crippen LogP contribution in [0.25, 0.3) is 0 Å². The largest absolute Gasteiger partial charge is 0.486 e. The summed E-state index contributed by atoms with van der Waals surface area (Å²) >= 11 is 0. The van der Waals surface area contributed by atoms with Crippen molar-refractivity contribution in [3.05, 3.63) is 35.4 Å². The van der Waals surface area contributed by atoms with Crippen LogP contribution in [-0.2, 0) is 52.1 Å². The minimum Gasteiger partial charge on any atom is -0.486 e. The molecule has 2 aliphatic carbocycles. The molecule has 0 bridgehead atoms. The van der Waals surface area contributed by atoms with E-state index < -0.39 is 78.0 Å². The van der Waals surface area contributed by atoms with Gasteiger partial charge in [0.1, 0.15) is 31.1 Å². The number of nitrogens with zero attached hydrogens (tertiary/aromatic N) is 3. The first-order valence-electron chi connectivity index (χ1n) is 19.0. The first kappa shape index (κ1) is 36.5. The van der Waals surface area contributed by atoms with Gasteiger partial charge in [-0.3, -0.25) is 19.3 Å². The van der Waals surface area contributed by atoms with E-state index in [0.717, 1.165) is 24.0 Å². The lowest BCUT2D eigenvalue weighted by atomic mass is 9.88. The Morgan fingerprint density at radius 1 is 0.943 bits per heavy atom. The van der Waals surface area contributed by atoms with Crippen LogP contribution in [0.1, 0.15) is 81.8 Å². The molecule has 1 aromatic rings. The van der Waals surface area contributed by atoms with E-state index >= 15 is 0 Å². The SMILES string of the molecule is O=C1C[C@]2(C(=O)CS(=O)(=O)C3CC3)C[C@H]2/C=C\CCCCC[C@H](N2CCCS2(=O)=O)C(=O)N2C[C@H](OC(=O)N3Cc4cc5c(cc4C3)OCCO5)C[C@@H]12. The fourth-order valence-electron chi connectivity index (χ4n) is 8.85. The molecule has 0 spiro atoms. The number of sulfone groups is 1. The predicted molar refractivity (Wildman–Crippen MR) is 190 cm³/mol. The fraction of sp³-hybridized carbons (Fsp3) is 0.676. The van der Waals surface area contributed by atoms with Crippen LogP contribution >= 0.6 is 0 Å². The Hall–Kier alpha value is -3.50. The number of hydrogen-bond donors (Lipinski definition) is 0. The van der Waals surface area contributed by atoms with E-state index in [1.54, 1.807) is 0 Å². The summed E-state index contributed by atoms with van der Waals surface area (Å²) in [4.78, 5) is 59.3. The summed E-state index contributed by atoms with van der Waals surface area (Å²) in [6.07, 6.45) is 7.11. The van der Waals surface area contributed by atoms with Crippen molar-refractivity contribution < 1.29 is 50.2 Å². The third-order valence-electron chi connectivity index (χ3n) is 12.1. The lowest BCUT2D eigenvalue weighted by molar-refractivity contribution is -0.141. The molecule has 1 aromatic carbocycles. The molecule has 2 saturated heterocycles. The van der Waals surface area contributed by atoms with Crippen LogP contribution in [-0.4, -0.2) is 116 Å². The molecule has 0 N–H and O–H groups in total. The van der Waals surface area contributed by atoms with Crippen molar-refractivity contribution in [3.63, 3.8) is 0 Å². The molecule has 14 nitrogen and oxygen atoms in total. The predicted octanol–water partition coefficient (Wildman–Crippen LogP) is 2.92. The maximum atomic E-state index is 14.6. The summed E-state index contributed by atoms with van der Waals surface area (Å²) in [5.41, 5.74) is 0.610. The van der Waals surface area contributed by atoms with Gasteiger partial charge in [0.15, 0.2) is 32.9 Å². The number of ketones is 2. The number of hydrogen-bond acceptors (Lipinski definition) is 11. The normalized spacial score (nSPS) is 32.2. The highest BCUT2D eigenvalue weighted by Crippen LogP contribution is 2.58. The highest BCUT2D eigenvalue weighted by molar-refractivity contribution is 7.93. The van der Waals surface area contributed by atoms with Gasteiger partial charge in [-0.1, -0.05) is 25.0 Å². The Bertz CT molecular complexity index is 1910. The molecular weight excluding hydrogens is 727 g/mol. The van der Waals surface area contributed by atoms with Crippen molar-refractivity contribution in [2.45, 2.75) is 107 Å². The van der Waals surface area contributed by atoms with E-state index in [1.165, 1.54) is 14.1 Å². The van der Waals surface area contributed by atoms with Crippen LogP contribution in [0.3, 0.4) is 0 Å². The standard InChI is InChI=1S/C37H47N3O11S2/c41-31-19-37(34(42)23-52(45,46)28-9-10-28)18-26(37)7-4-2-1-3-5-8-29(40-11-6-14-53(40,47)48)35(43)39-22-27(17-30(31)39)51-36(44)38-20-24-15-32-33(16-25(24)21-38)50-13-12-49-32/h4,7,15-16,26-30H,1-3,5-6,8-14,17-23H2/b7-4-/t26-,27-,29+,30+,37-/m1/s1. The molecule has 16 heteroatoms. The summed E-state index contributed by atoms with van der Waals surface area (Å²) in [5.74, 6) is -1.12. The molecule has 4 fully saturated rings. The van der Waals surface area contributed by atoms with E-state index in [4.69, 9.17) is 14.2 Å². The lowest BCUT2D eigenvalue weighted by Crippen LogP contribution is -2.52. The maximum Gasteiger partial charge on any atom is 0.410 e. The van der Waals surface area contributed by atoms with Crippen molar-refractivity contribution in [2.75, 3.05) is 37.8 Å². The molecule has 5 aliphatic heterocycles. The Morgan fingerprint density at radius 2 is 1.66 bits per heavy atom. The summed E-state index contributed by atoms with van der Waals surface area (Å²) in [6, 6.07) is 1.64. The molecule has 2 saturated carbocycles. The Morgan fingerprint density at radius 3 is 2.32 bits per heavy atom. The lowest BCUT2D eigenvalue weighted by Gasteiger charge is -2.32. The third-order valence-corrected chi connectivity index (χ3v) is 16.2. The summed E-state index contributed by atoms with van der Waals surface area (Å²) in [6.45, 7) is 1.52. The number of rotatable bonds is 6. The Kier molecular flexibility index (Phi) is 9.62. The number of benzene rings is 1. The monoisotopic (exact) mass is 773 g/mol. The van der Waals surface area contributed by atoms with Gasteiger partial charge in [0, 0.05) is 37.9 Å². The molecule has 0 unspecified atom stereocenters. The molecule has 5 atom stereocenters. The van der Waals surface area contributed by atoms with Gasteiger partial charge in [-0.25, -0.2) is 21.6 Å². The van der Waals surface area contributed by atoms with Gasteiger partial charge in [-0.05, 0) is 74.1 Å². The van der Waals surface area contributed by atoms with Crippen LogP contribution in [0.2, 0.25) is 0 Å². The smallest absolute Gasteiger partial charge is 0.410 e. The van der Waals surface area contributed by atoms with E-state index in [2.05, 4.69) is 0 Å². The molecule has 2 amide bonds. The molecule has 7 aliphatic rings. The molecule has 0 aromatic heterocycles. The second-order valence-corrected chi connectivity index (χ2v) is 20.1. The quantitative estimate of drug-likeness (QED) is 0.389. The minimum atomic E-state index is -3.69. The van der Waals surface area contributed by atoms with E-state index in [1.807, 2.05) is 24.3 Å². The van der Waals surface area contributed by atoms with Crippen molar-refractivity contribution >= 4 is 43.4 Å². The zero-order chi connectivity index (χ0) is 37.1. The number of sulfonamides is 1. The van der Waals surface area contributed by atoms with Gasteiger partial charge < -0.3 is 19.1 Å². The summed E-state index contributed by atoms with van der Waals surface area (Å²) < 4.78 is 70.8. The first-order chi connectivity index (χ1) is 25.3. The Labute approximate surface area is 310 Å². The number of carbonyl (C=O) groups excluding carboxylic acids is 4. The van der Waals surface area contributed by atoms with Gasteiger partial charge in [-0.2, -0.15) is 4.31 Å². The second-order valence-electron chi connectivity index (χ2n) is 15.8. The van der Waals surface area contributed by atoms with Crippen molar-refractivity contribution in [1.29, 1.82) is 0 Å². The molecule has 53 heavy (non-hydrogen) atoms. The van der Waals surface area contributed by atoms with E-state index in [0.29, 0.717) is 63.2 Å². The van der Waals surface area contributed by atoms with Crippen LogP contribution in [0.4, 0.5) is 4.79 Å². The summed E-state index contributed by atoms with van der Waals surface area (Å²) in [7, 11) is -7.31. The zero-order valence-electron chi connectivity index (χ0n) is 29.8. The van der Waals surface area contributed by atoms with E-state index in [9.17, 15) is 36.0 Å². The van der Waals surface area contributed by atoms with Crippen LogP contribution in [0.15, 0.2) is 24.3 Å². The minimum absolute atomic E-state index is 0.0162. The van der Waals surface area contributed by atoms with Gasteiger partial charge in [0.25, 0.3) is 0 Å². The van der Waals surface area contributed by atoms with Crippen molar-refractivity contribution in [2.24, 2.45) is 11.3 Å². The highest BCUT2D eigenvalue weighted by Gasteiger charge is 2.61. The molecule has 288 valence electrons. The summed E-state index contributed by atoms with van der Waals surface area (Å²) in [5, 5.41) is -0.513. The first-order valence-corrected chi connectivity index (χ1v) is 22.3. The fourth-order valence-corrected chi connectivity index (χ4v) is 12.3. The topological polar surface area (TPSA) is 174 Å². The number of amides is 2. The van der Waals surface area contributed by atoms with Gasteiger partial charge >= 0.3 is 6.09 Å². The molecule has 5 heterocycles.